The molecule has 0 spiro atoms. The molecule has 7 nitrogen and oxygen atoms in total. The van der Waals surface area contributed by atoms with Gasteiger partial charge in [-0.25, -0.2) is 4.98 Å². The Morgan fingerprint density at radius 2 is 2.00 bits per heavy atom. The van der Waals surface area contributed by atoms with Crippen molar-refractivity contribution in [2.75, 3.05) is 19.7 Å². The number of nitrogens with one attached hydrogen (secondary N) is 1. The molecule has 152 valence electrons. The number of ether oxygens (including phenoxy) is 1. The number of piperidine rings is 1. The lowest BCUT2D eigenvalue weighted by atomic mass is 9.95. The summed E-state index contributed by atoms with van der Waals surface area (Å²) in [6.45, 7) is 2.03. The SMILES string of the molecule is O=C(NCc1cn2ccsc2n1)C1CCN(C(=O)CCOc2ccccc2)CC1. The zero-order valence-electron chi connectivity index (χ0n) is 16.1. The van der Waals surface area contributed by atoms with Gasteiger partial charge in [0.15, 0.2) is 4.96 Å². The third kappa shape index (κ3) is 4.95. The molecular formula is C21H24N4O3S. The van der Waals surface area contributed by atoms with Crippen LogP contribution in [0.5, 0.6) is 5.75 Å². The highest BCUT2D eigenvalue weighted by molar-refractivity contribution is 7.15. The van der Waals surface area contributed by atoms with E-state index in [1.54, 1.807) is 11.3 Å². The average molecular weight is 413 g/mol. The lowest BCUT2D eigenvalue weighted by Crippen LogP contribution is -2.43. The molecule has 0 atom stereocenters. The fourth-order valence-corrected chi connectivity index (χ4v) is 4.22. The van der Waals surface area contributed by atoms with Crippen LogP contribution in [0.15, 0.2) is 48.1 Å². The van der Waals surface area contributed by atoms with Crippen molar-refractivity contribution in [3.05, 3.63) is 53.8 Å². The monoisotopic (exact) mass is 412 g/mol. The maximum Gasteiger partial charge on any atom is 0.225 e. The number of aromatic nitrogens is 2. The second kappa shape index (κ2) is 9.09. The zero-order valence-corrected chi connectivity index (χ0v) is 16.9. The van der Waals surface area contributed by atoms with Crippen molar-refractivity contribution in [3.8, 4) is 5.75 Å². The number of fused-ring (bicyclic) bond motifs is 1. The van der Waals surface area contributed by atoms with Gasteiger partial charge in [0.1, 0.15) is 5.75 Å². The molecule has 1 aliphatic heterocycles. The maximum atomic E-state index is 12.5. The van der Waals surface area contributed by atoms with Crippen molar-refractivity contribution in [1.82, 2.24) is 19.6 Å². The minimum Gasteiger partial charge on any atom is -0.493 e. The number of nitrogens with zero attached hydrogens (tertiary/aromatic N) is 3. The van der Waals surface area contributed by atoms with E-state index >= 15 is 0 Å². The van der Waals surface area contributed by atoms with Gasteiger partial charge < -0.3 is 15.0 Å². The Hall–Kier alpha value is -2.87. The van der Waals surface area contributed by atoms with E-state index in [1.165, 1.54) is 0 Å². The van der Waals surface area contributed by atoms with Crippen LogP contribution in [0.1, 0.15) is 25.0 Å². The highest BCUT2D eigenvalue weighted by Gasteiger charge is 2.27. The Bertz CT molecular complexity index is 932. The molecule has 3 heterocycles. The van der Waals surface area contributed by atoms with E-state index < -0.39 is 0 Å². The number of carbonyl (C=O) groups excluding carboxylic acids is 2. The van der Waals surface area contributed by atoms with E-state index in [2.05, 4.69) is 10.3 Å². The summed E-state index contributed by atoms with van der Waals surface area (Å²) in [5.74, 6) is 0.843. The molecule has 1 N–H and O–H groups in total. The number of likely N-dealkylation sites (tertiary alicyclic amines) is 1. The molecule has 4 rings (SSSR count). The van der Waals surface area contributed by atoms with E-state index in [1.807, 2.05) is 57.4 Å². The molecule has 1 saturated heterocycles. The van der Waals surface area contributed by atoms with E-state index in [0.717, 1.165) is 16.4 Å². The molecule has 1 aromatic carbocycles. The fourth-order valence-electron chi connectivity index (χ4n) is 3.51. The van der Waals surface area contributed by atoms with E-state index in [-0.39, 0.29) is 17.7 Å². The van der Waals surface area contributed by atoms with Gasteiger partial charge in [0.05, 0.1) is 25.3 Å². The quantitative estimate of drug-likeness (QED) is 0.647. The number of benzene rings is 1. The number of hydrogen-bond donors (Lipinski definition) is 1. The van der Waals surface area contributed by atoms with Gasteiger partial charge in [0.25, 0.3) is 0 Å². The molecule has 1 fully saturated rings. The third-order valence-electron chi connectivity index (χ3n) is 5.13. The molecule has 1 aliphatic rings. The summed E-state index contributed by atoms with van der Waals surface area (Å²) in [5.41, 5.74) is 0.858. The van der Waals surface area contributed by atoms with Crippen LogP contribution in [-0.4, -0.2) is 45.8 Å². The maximum absolute atomic E-state index is 12.5. The van der Waals surface area contributed by atoms with Gasteiger partial charge in [-0.1, -0.05) is 18.2 Å². The fraction of sp³-hybridized carbons (Fsp3) is 0.381. The van der Waals surface area contributed by atoms with Gasteiger partial charge >= 0.3 is 0 Å². The second-order valence-electron chi connectivity index (χ2n) is 7.11. The van der Waals surface area contributed by atoms with Gasteiger partial charge in [0.2, 0.25) is 11.8 Å². The first-order chi connectivity index (χ1) is 14.2. The van der Waals surface area contributed by atoms with Crippen LogP contribution in [-0.2, 0) is 16.1 Å². The van der Waals surface area contributed by atoms with Crippen LogP contribution in [0.4, 0.5) is 0 Å². The number of rotatable bonds is 7. The summed E-state index contributed by atoms with van der Waals surface area (Å²) < 4.78 is 7.55. The first-order valence-corrected chi connectivity index (χ1v) is 10.7. The van der Waals surface area contributed by atoms with Crippen molar-refractivity contribution >= 4 is 28.1 Å². The molecule has 29 heavy (non-hydrogen) atoms. The van der Waals surface area contributed by atoms with Crippen LogP contribution in [0.2, 0.25) is 0 Å². The molecule has 0 unspecified atom stereocenters. The highest BCUT2D eigenvalue weighted by atomic mass is 32.1. The molecule has 8 heteroatoms. The molecular weight excluding hydrogens is 388 g/mol. The minimum absolute atomic E-state index is 0.0425. The molecule has 0 aliphatic carbocycles. The largest absolute Gasteiger partial charge is 0.493 e. The number of carbonyl (C=O) groups is 2. The Morgan fingerprint density at radius 1 is 1.21 bits per heavy atom. The van der Waals surface area contributed by atoms with Crippen LogP contribution >= 0.6 is 11.3 Å². The lowest BCUT2D eigenvalue weighted by Gasteiger charge is -2.31. The first-order valence-electron chi connectivity index (χ1n) is 9.83. The predicted octanol–water partition coefficient (Wildman–Crippen LogP) is 2.72. The smallest absolute Gasteiger partial charge is 0.225 e. The molecule has 2 amide bonds. The van der Waals surface area contributed by atoms with Crippen molar-refractivity contribution in [2.24, 2.45) is 5.92 Å². The third-order valence-corrected chi connectivity index (χ3v) is 5.90. The minimum atomic E-state index is -0.0525. The van der Waals surface area contributed by atoms with Crippen LogP contribution in [0.3, 0.4) is 0 Å². The summed E-state index contributed by atoms with van der Waals surface area (Å²) in [6.07, 6.45) is 5.62. The highest BCUT2D eigenvalue weighted by Crippen LogP contribution is 2.19. The number of thiazole rings is 1. The van der Waals surface area contributed by atoms with Gasteiger partial charge in [-0.2, -0.15) is 0 Å². The number of hydrogen-bond acceptors (Lipinski definition) is 5. The van der Waals surface area contributed by atoms with Crippen molar-refractivity contribution in [3.63, 3.8) is 0 Å². The Morgan fingerprint density at radius 3 is 2.76 bits per heavy atom. The van der Waals surface area contributed by atoms with Crippen LogP contribution in [0.25, 0.3) is 4.96 Å². The summed E-state index contributed by atoms with van der Waals surface area (Å²) in [4.78, 5) is 32.1. The Labute approximate surface area is 173 Å². The van der Waals surface area contributed by atoms with Crippen molar-refractivity contribution in [2.45, 2.75) is 25.8 Å². The van der Waals surface area contributed by atoms with Gasteiger partial charge in [-0.3, -0.25) is 14.0 Å². The summed E-state index contributed by atoms with van der Waals surface area (Å²) in [5, 5.41) is 4.96. The van der Waals surface area contributed by atoms with Gasteiger partial charge in [-0.15, -0.1) is 11.3 Å². The van der Waals surface area contributed by atoms with E-state index in [4.69, 9.17) is 4.74 Å². The molecule has 0 saturated carbocycles. The average Bonchev–Trinajstić information content (AvgIpc) is 3.35. The Balaban J connectivity index is 1.16. The van der Waals surface area contributed by atoms with E-state index in [0.29, 0.717) is 45.5 Å². The van der Waals surface area contributed by atoms with Crippen molar-refractivity contribution < 1.29 is 14.3 Å². The molecule has 0 radical (unpaired) electrons. The zero-order chi connectivity index (χ0) is 20.1. The first kappa shape index (κ1) is 19.4. The standard InChI is InChI=1S/C21H24N4O3S/c26-19(8-12-28-18-4-2-1-3-5-18)24-9-6-16(7-10-24)20(27)22-14-17-15-25-11-13-29-21(25)23-17/h1-5,11,13,15-16H,6-10,12,14H2,(H,22,27). The van der Waals surface area contributed by atoms with Gasteiger partial charge in [-0.05, 0) is 25.0 Å². The van der Waals surface area contributed by atoms with Crippen molar-refractivity contribution in [1.29, 1.82) is 0 Å². The van der Waals surface area contributed by atoms with Crippen LogP contribution < -0.4 is 10.1 Å². The number of amides is 2. The topological polar surface area (TPSA) is 75.9 Å². The lowest BCUT2D eigenvalue weighted by molar-refractivity contribution is -0.136. The number of imidazole rings is 1. The molecule has 3 aromatic rings. The predicted molar refractivity (Wildman–Crippen MR) is 111 cm³/mol. The van der Waals surface area contributed by atoms with E-state index in [9.17, 15) is 9.59 Å². The summed E-state index contributed by atoms with van der Waals surface area (Å²) in [6, 6.07) is 9.49. The van der Waals surface area contributed by atoms with Gasteiger partial charge in [0, 0.05) is 36.8 Å². The second-order valence-corrected chi connectivity index (χ2v) is 7.98. The molecule has 0 bridgehead atoms. The normalized spacial score (nSPS) is 14.8. The summed E-state index contributed by atoms with van der Waals surface area (Å²) >= 11 is 1.57. The number of para-hydroxylation sites is 1. The summed E-state index contributed by atoms with van der Waals surface area (Å²) in [7, 11) is 0. The van der Waals surface area contributed by atoms with Crippen LogP contribution in [0, 0.1) is 5.92 Å². The molecule has 2 aromatic heterocycles. The Kier molecular flexibility index (Phi) is 6.09.